The lowest BCUT2D eigenvalue weighted by Crippen LogP contribution is -2.44. The first kappa shape index (κ1) is 22.1. The van der Waals surface area contributed by atoms with E-state index in [1.807, 2.05) is 36.4 Å². The summed E-state index contributed by atoms with van der Waals surface area (Å²) in [5, 5.41) is 10.0. The molecule has 2 aromatic rings. The quantitative estimate of drug-likeness (QED) is 0.704. The highest BCUT2D eigenvalue weighted by Crippen LogP contribution is 2.33. The number of rotatable bonds is 6. The highest BCUT2D eigenvalue weighted by Gasteiger charge is 2.44. The smallest absolute Gasteiger partial charge is 0.407 e. The summed E-state index contributed by atoms with van der Waals surface area (Å²) in [6.45, 7) is 6.45. The van der Waals surface area contributed by atoms with Crippen molar-refractivity contribution in [2.24, 2.45) is 5.92 Å². The molecule has 32 heavy (non-hydrogen) atoms. The van der Waals surface area contributed by atoms with Crippen molar-refractivity contribution in [3.05, 3.63) is 77.9 Å². The molecule has 2 aromatic carbocycles. The van der Waals surface area contributed by atoms with E-state index in [-0.39, 0.29) is 12.5 Å². The monoisotopic (exact) mass is 433 g/mol. The maximum atomic E-state index is 13.4. The second-order valence-corrected chi connectivity index (χ2v) is 8.80. The zero-order valence-corrected chi connectivity index (χ0v) is 18.6. The molecule has 1 saturated heterocycles. The van der Waals surface area contributed by atoms with Crippen molar-refractivity contribution >= 4 is 17.7 Å². The fraction of sp³-hybridized carbons (Fsp3) is 0.385. The first-order chi connectivity index (χ1) is 15.5. The van der Waals surface area contributed by atoms with Crippen LogP contribution in [-0.2, 0) is 24.2 Å². The lowest BCUT2D eigenvalue weighted by atomic mass is 9.97. The van der Waals surface area contributed by atoms with Gasteiger partial charge in [-0.3, -0.25) is 9.69 Å². The fourth-order valence-corrected chi connectivity index (χ4v) is 4.85. The number of benzene rings is 2. The summed E-state index contributed by atoms with van der Waals surface area (Å²) < 4.78 is 0. The van der Waals surface area contributed by atoms with E-state index in [4.69, 9.17) is 0 Å². The van der Waals surface area contributed by atoms with Crippen LogP contribution >= 0.6 is 0 Å². The van der Waals surface area contributed by atoms with Crippen LogP contribution in [0, 0.1) is 5.92 Å². The Bertz CT molecular complexity index is 991. The van der Waals surface area contributed by atoms with Gasteiger partial charge in [0.1, 0.15) is 0 Å². The molecule has 2 aliphatic heterocycles. The van der Waals surface area contributed by atoms with E-state index in [1.165, 1.54) is 16.0 Å². The Balaban J connectivity index is 1.62. The van der Waals surface area contributed by atoms with Crippen molar-refractivity contribution in [2.45, 2.75) is 31.8 Å². The average molecular weight is 434 g/mol. The number of anilines is 1. The van der Waals surface area contributed by atoms with Gasteiger partial charge < -0.3 is 14.9 Å². The summed E-state index contributed by atoms with van der Waals surface area (Å²) in [6.07, 6.45) is 3.12. The predicted octanol–water partition coefficient (Wildman–Crippen LogP) is 3.80. The molecule has 0 unspecified atom stereocenters. The second-order valence-electron chi connectivity index (χ2n) is 8.80. The predicted molar refractivity (Wildman–Crippen MR) is 126 cm³/mol. The van der Waals surface area contributed by atoms with Crippen molar-refractivity contribution in [1.82, 2.24) is 9.80 Å². The summed E-state index contributed by atoms with van der Waals surface area (Å²) in [7, 11) is 2.13. The molecule has 6 heteroatoms. The van der Waals surface area contributed by atoms with E-state index in [1.54, 1.807) is 11.0 Å². The number of nitrogens with zero attached hydrogens (tertiary/aromatic N) is 3. The molecule has 2 atom stereocenters. The zero-order chi connectivity index (χ0) is 22.7. The summed E-state index contributed by atoms with van der Waals surface area (Å²) >= 11 is 0. The molecule has 0 bridgehead atoms. The van der Waals surface area contributed by atoms with Gasteiger partial charge in [0.15, 0.2) is 0 Å². The van der Waals surface area contributed by atoms with E-state index >= 15 is 0 Å². The van der Waals surface area contributed by atoms with Crippen LogP contribution in [0.25, 0.3) is 0 Å². The maximum absolute atomic E-state index is 13.4. The molecule has 2 heterocycles. The molecule has 168 valence electrons. The van der Waals surface area contributed by atoms with Crippen molar-refractivity contribution in [2.75, 3.05) is 31.6 Å². The highest BCUT2D eigenvalue weighted by molar-refractivity contribution is 5.98. The number of carbonyl (C=O) groups is 2. The van der Waals surface area contributed by atoms with Gasteiger partial charge in [-0.1, -0.05) is 42.5 Å². The van der Waals surface area contributed by atoms with Gasteiger partial charge in [0, 0.05) is 31.9 Å². The van der Waals surface area contributed by atoms with Crippen LogP contribution in [0.4, 0.5) is 10.5 Å². The van der Waals surface area contributed by atoms with Gasteiger partial charge in [0.25, 0.3) is 0 Å². The van der Waals surface area contributed by atoms with Gasteiger partial charge in [0.2, 0.25) is 5.91 Å². The molecule has 0 aliphatic carbocycles. The summed E-state index contributed by atoms with van der Waals surface area (Å²) in [6, 6.07) is 15.4. The third-order valence-electron chi connectivity index (χ3n) is 6.71. The third-order valence-corrected chi connectivity index (χ3v) is 6.71. The number of likely N-dealkylation sites (N-methyl/N-ethyl adjacent to an activating group) is 1. The largest absolute Gasteiger partial charge is 0.465 e. The first-order valence-corrected chi connectivity index (χ1v) is 11.2. The van der Waals surface area contributed by atoms with Crippen molar-refractivity contribution in [3.63, 3.8) is 0 Å². The molecular formula is C26H31N3O3. The van der Waals surface area contributed by atoms with E-state index < -0.39 is 18.1 Å². The van der Waals surface area contributed by atoms with Crippen LogP contribution in [0.1, 0.15) is 23.1 Å². The average Bonchev–Trinajstić information content (AvgIpc) is 2.98. The van der Waals surface area contributed by atoms with E-state index in [0.29, 0.717) is 13.0 Å². The summed E-state index contributed by atoms with van der Waals surface area (Å²) in [5.74, 6) is -0.461. The van der Waals surface area contributed by atoms with Crippen molar-refractivity contribution < 1.29 is 14.7 Å². The Morgan fingerprint density at radius 2 is 1.88 bits per heavy atom. The molecule has 6 nitrogen and oxygen atoms in total. The van der Waals surface area contributed by atoms with Crippen LogP contribution in [0.3, 0.4) is 0 Å². The number of amides is 2. The molecule has 2 amide bonds. The lowest BCUT2D eigenvalue weighted by molar-refractivity contribution is -0.121. The zero-order valence-electron chi connectivity index (χ0n) is 18.6. The summed E-state index contributed by atoms with van der Waals surface area (Å²) in [4.78, 5) is 31.2. The molecular weight excluding hydrogens is 402 g/mol. The van der Waals surface area contributed by atoms with E-state index in [2.05, 4.69) is 30.7 Å². The molecule has 0 aromatic heterocycles. The Morgan fingerprint density at radius 3 is 2.56 bits per heavy atom. The topological polar surface area (TPSA) is 64.1 Å². The normalized spacial score (nSPS) is 21.2. The molecule has 1 fully saturated rings. The second kappa shape index (κ2) is 9.57. The molecule has 0 saturated carbocycles. The molecule has 0 radical (unpaired) electrons. The number of carboxylic acid groups (broad SMARTS) is 1. The third kappa shape index (κ3) is 4.55. The fourth-order valence-electron chi connectivity index (χ4n) is 4.85. The number of carbonyl (C=O) groups excluding carboxylic acids is 1. The SMILES string of the molecule is C=CC[C@H]1C(=O)N(c2ccc3c(c2)CCN(C)CC3)C[C@@H]1N(Cc1ccccc1)C(=O)O. The Labute approximate surface area is 189 Å². The first-order valence-electron chi connectivity index (χ1n) is 11.2. The van der Waals surface area contributed by atoms with Gasteiger partial charge in [-0.05, 0) is 55.1 Å². The Hall–Kier alpha value is -3.12. The van der Waals surface area contributed by atoms with Crippen LogP contribution in [0.15, 0.2) is 61.2 Å². The van der Waals surface area contributed by atoms with Gasteiger partial charge in [-0.25, -0.2) is 4.79 Å². The van der Waals surface area contributed by atoms with Gasteiger partial charge >= 0.3 is 6.09 Å². The highest BCUT2D eigenvalue weighted by atomic mass is 16.4. The molecule has 1 N–H and O–H groups in total. The van der Waals surface area contributed by atoms with Gasteiger partial charge in [0.05, 0.1) is 12.0 Å². The standard InChI is InChI=1S/C26H31N3O3/c1-3-7-23-24(29(26(31)32)17-19-8-5-4-6-9-19)18-28(25(23)30)22-11-10-20-12-14-27(2)15-13-21(20)16-22/h3-6,8-11,16,23-24H,1,7,12-15,17-18H2,2H3,(H,31,32)/t23-,24+/m1/s1. The van der Waals surface area contributed by atoms with Crippen LogP contribution in [-0.4, -0.2) is 59.6 Å². The number of allylic oxidation sites excluding steroid dienone is 1. The van der Waals surface area contributed by atoms with Gasteiger partial charge in [-0.2, -0.15) is 0 Å². The van der Waals surface area contributed by atoms with E-state index in [0.717, 1.165) is 37.2 Å². The Kier molecular flexibility index (Phi) is 6.61. The van der Waals surface area contributed by atoms with Crippen molar-refractivity contribution in [1.29, 1.82) is 0 Å². The Morgan fingerprint density at radius 1 is 1.16 bits per heavy atom. The van der Waals surface area contributed by atoms with Gasteiger partial charge in [-0.15, -0.1) is 6.58 Å². The lowest BCUT2D eigenvalue weighted by Gasteiger charge is -2.29. The minimum atomic E-state index is -1.01. The molecule has 4 rings (SSSR count). The molecule has 0 spiro atoms. The summed E-state index contributed by atoms with van der Waals surface area (Å²) in [5.41, 5.74) is 4.38. The number of hydrogen-bond acceptors (Lipinski definition) is 3. The molecule has 2 aliphatic rings. The minimum absolute atomic E-state index is 0.0279. The van der Waals surface area contributed by atoms with Crippen LogP contribution < -0.4 is 4.90 Å². The maximum Gasteiger partial charge on any atom is 0.407 e. The van der Waals surface area contributed by atoms with Crippen molar-refractivity contribution in [3.8, 4) is 0 Å². The number of hydrogen-bond donors (Lipinski definition) is 1. The van der Waals surface area contributed by atoms with Crippen LogP contribution in [0.2, 0.25) is 0 Å². The number of fused-ring (bicyclic) bond motifs is 1. The minimum Gasteiger partial charge on any atom is -0.465 e. The van der Waals surface area contributed by atoms with E-state index in [9.17, 15) is 14.7 Å². The van der Waals surface area contributed by atoms with Crippen LogP contribution in [0.5, 0.6) is 0 Å².